The summed E-state index contributed by atoms with van der Waals surface area (Å²) in [5, 5.41) is 12.6. The van der Waals surface area contributed by atoms with Crippen LogP contribution in [0.4, 0.5) is 5.69 Å². The summed E-state index contributed by atoms with van der Waals surface area (Å²) < 4.78 is 0. The zero-order valence-corrected chi connectivity index (χ0v) is 13.6. The number of halogens is 1. The molecule has 2 rings (SSSR count). The number of amides is 1. The number of piperidine rings is 1. The lowest BCUT2D eigenvalue weighted by atomic mass is 9.98. The van der Waals surface area contributed by atoms with Crippen molar-refractivity contribution in [3.63, 3.8) is 0 Å². The highest BCUT2D eigenvalue weighted by molar-refractivity contribution is 6.31. The number of carbonyl (C=O) groups is 1. The summed E-state index contributed by atoms with van der Waals surface area (Å²) in [6.07, 6.45) is 5.03. The second-order valence-corrected chi connectivity index (χ2v) is 6.13. The van der Waals surface area contributed by atoms with Crippen molar-refractivity contribution in [3.8, 4) is 6.07 Å². The van der Waals surface area contributed by atoms with Gasteiger partial charge < -0.3 is 10.2 Å². The van der Waals surface area contributed by atoms with Gasteiger partial charge in [0.2, 0.25) is 0 Å². The molecule has 1 aliphatic rings. The zero-order valence-electron chi connectivity index (χ0n) is 12.8. The van der Waals surface area contributed by atoms with Gasteiger partial charge in [0.25, 0.3) is 5.91 Å². The van der Waals surface area contributed by atoms with Gasteiger partial charge in [0.15, 0.2) is 0 Å². The molecule has 0 aliphatic carbocycles. The summed E-state index contributed by atoms with van der Waals surface area (Å²) in [6.45, 7) is 4.24. The first-order chi connectivity index (χ1) is 10.5. The third-order valence-electron chi connectivity index (χ3n) is 3.99. The van der Waals surface area contributed by atoms with Crippen molar-refractivity contribution in [2.45, 2.75) is 45.2 Å². The summed E-state index contributed by atoms with van der Waals surface area (Å²) in [5.41, 5.74) is 0.693. The predicted molar refractivity (Wildman–Crippen MR) is 88.4 cm³/mol. The molecule has 1 saturated heterocycles. The molecule has 0 radical (unpaired) electrons. The largest absolute Gasteiger partial charge is 0.371 e. The van der Waals surface area contributed by atoms with Crippen molar-refractivity contribution < 1.29 is 4.79 Å². The van der Waals surface area contributed by atoms with Crippen molar-refractivity contribution >= 4 is 23.2 Å². The summed E-state index contributed by atoms with van der Waals surface area (Å²) >= 11 is 5.90. The van der Waals surface area contributed by atoms with Crippen LogP contribution in [0, 0.1) is 11.3 Å². The maximum Gasteiger partial charge on any atom is 0.267 e. The third kappa shape index (κ3) is 4.02. The van der Waals surface area contributed by atoms with Gasteiger partial charge in [-0.1, -0.05) is 17.7 Å². The van der Waals surface area contributed by atoms with E-state index in [0.717, 1.165) is 12.8 Å². The van der Waals surface area contributed by atoms with E-state index in [9.17, 15) is 10.1 Å². The normalized spacial score (nSPS) is 22.1. The lowest BCUT2D eigenvalue weighted by Gasteiger charge is -2.38. The van der Waals surface area contributed by atoms with Crippen LogP contribution in [0.2, 0.25) is 5.02 Å². The number of hydrogen-bond donors (Lipinski definition) is 1. The van der Waals surface area contributed by atoms with Crippen molar-refractivity contribution in [1.29, 1.82) is 5.26 Å². The number of nitrogens with zero attached hydrogens (tertiary/aromatic N) is 2. The van der Waals surface area contributed by atoms with Gasteiger partial charge in [0, 0.05) is 29.0 Å². The van der Waals surface area contributed by atoms with Crippen LogP contribution in [-0.4, -0.2) is 22.9 Å². The Labute approximate surface area is 136 Å². The van der Waals surface area contributed by atoms with Crippen molar-refractivity contribution in [2.75, 3.05) is 5.32 Å². The van der Waals surface area contributed by atoms with Gasteiger partial charge in [0.05, 0.1) is 0 Å². The second-order valence-electron chi connectivity index (χ2n) is 5.70. The molecule has 1 aromatic rings. The number of benzene rings is 1. The van der Waals surface area contributed by atoms with E-state index in [0.29, 0.717) is 22.8 Å². The molecule has 0 aromatic heterocycles. The van der Waals surface area contributed by atoms with Gasteiger partial charge in [-0.25, -0.2) is 0 Å². The minimum atomic E-state index is -0.408. The number of nitriles is 1. The number of hydrogen-bond acceptors (Lipinski definition) is 3. The Balaban J connectivity index is 2.15. The molecule has 0 spiro atoms. The molecule has 1 aromatic carbocycles. The summed E-state index contributed by atoms with van der Waals surface area (Å²) in [4.78, 5) is 14.4. The number of nitrogens with one attached hydrogen (secondary N) is 1. The molecule has 1 heterocycles. The zero-order chi connectivity index (χ0) is 16.1. The van der Waals surface area contributed by atoms with E-state index in [1.165, 1.54) is 6.42 Å². The van der Waals surface area contributed by atoms with Crippen molar-refractivity contribution in [1.82, 2.24) is 4.90 Å². The van der Waals surface area contributed by atoms with E-state index in [1.54, 1.807) is 30.5 Å². The van der Waals surface area contributed by atoms with Crippen LogP contribution < -0.4 is 5.32 Å². The van der Waals surface area contributed by atoms with Crippen LogP contribution in [0.1, 0.15) is 33.1 Å². The molecule has 0 bridgehead atoms. The highest BCUT2D eigenvalue weighted by Gasteiger charge is 2.23. The SMILES string of the molecule is CC1CCCC(C)N1/C=C(/C#N)C(=O)Nc1cccc(Cl)c1. The molecule has 2 atom stereocenters. The van der Waals surface area contributed by atoms with Gasteiger partial charge >= 0.3 is 0 Å². The van der Waals surface area contributed by atoms with E-state index in [2.05, 4.69) is 24.1 Å². The lowest BCUT2D eigenvalue weighted by Crippen LogP contribution is -2.40. The summed E-state index contributed by atoms with van der Waals surface area (Å²) in [6, 6.07) is 9.56. The molecule has 1 amide bonds. The Morgan fingerprint density at radius 1 is 1.41 bits per heavy atom. The molecular weight excluding hydrogens is 298 g/mol. The minimum absolute atomic E-state index is 0.112. The third-order valence-corrected chi connectivity index (χ3v) is 4.22. The molecule has 116 valence electrons. The Morgan fingerprint density at radius 3 is 2.68 bits per heavy atom. The van der Waals surface area contributed by atoms with Gasteiger partial charge in [-0.3, -0.25) is 4.79 Å². The molecule has 5 heteroatoms. The monoisotopic (exact) mass is 317 g/mol. The second kappa shape index (κ2) is 7.33. The average molecular weight is 318 g/mol. The van der Waals surface area contributed by atoms with Crippen LogP contribution in [0.15, 0.2) is 36.0 Å². The van der Waals surface area contributed by atoms with Crippen LogP contribution in [0.5, 0.6) is 0 Å². The number of likely N-dealkylation sites (tertiary alicyclic amines) is 1. The molecule has 1 N–H and O–H groups in total. The first-order valence-corrected chi connectivity index (χ1v) is 7.85. The number of carbonyl (C=O) groups excluding carboxylic acids is 1. The highest BCUT2D eigenvalue weighted by atomic mass is 35.5. The van der Waals surface area contributed by atoms with Crippen LogP contribution in [0.25, 0.3) is 0 Å². The van der Waals surface area contributed by atoms with E-state index < -0.39 is 5.91 Å². The maximum absolute atomic E-state index is 12.3. The van der Waals surface area contributed by atoms with Crippen LogP contribution in [0.3, 0.4) is 0 Å². The summed E-state index contributed by atoms with van der Waals surface area (Å²) in [7, 11) is 0. The first-order valence-electron chi connectivity index (χ1n) is 7.47. The quantitative estimate of drug-likeness (QED) is 0.678. The van der Waals surface area contributed by atoms with E-state index in [4.69, 9.17) is 11.6 Å². The molecule has 0 saturated carbocycles. The summed E-state index contributed by atoms with van der Waals surface area (Å²) in [5.74, 6) is -0.408. The smallest absolute Gasteiger partial charge is 0.267 e. The fraction of sp³-hybridized carbons (Fsp3) is 0.412. The van der Waals surface area contributed by atoms with Crippen LogP contribution >= 0.6 is 11.6 Å². The van der Waals surface area contributed by atoms with Crippen molar-refractivity contribution in [2.24, 2.45) is 0 Å². The Kier molecular flexibility index (Phi) is 5.46. The van der Waals surface area contributed by atoms with E-state index >= 15 is 0 Å². The van der Waals surface area contributed by atoms with Gasteiger partial charge in [0.1, 0.15) is 11.6 Å². The van der Waals surface area contributed by atoms with Crippen molar-refractivity contribution in [3.05, 3.63) is 41.1 Å². The molecule has 1 fully saturated rings. The molecule has 4 nitrogen and oxygen atoms in total. The molecule has 1 aliphatic heterocycles. The fourth-order valence-corrected chi connectivity index (χ4v) is 2.94. The topological polar surface area (TPSA) is 56.1 Å². The van der Waals surface area contributed by atoms with E-state index in [-0.39, 0.29) is 5.57 Å². The lowest BCUT2D eigenvalue weighted by molar-refractivity contribution is -0.112. The van der Waals surface area contributed by atoms with E-state index in [1.807, 2.05) is 6.07 Å². The Morgan fingerprint density at radius 2 is 2.09 bits per heavy atom. The van der Waals surface area contributed by atoms with Crippen LogP contribution in [-0.2, 0) is 4.79 Å². The first kappa shape index (κ1) is 16.4. The molecular formula is C17H20ClN3O. The fourth-order valence-electron chi connectivity index (χ4n) is 2.75. The maximum atomic E-state index is 12.3. The Bertz CT molecular complexity index is 611. The van der Waals surface area contributed by atoms with Gasteiger partial charge in [-0.2, -0.15) is 5.26 Å². The average Bonchev–Trinajstić information content (AvgIpc) is 2.47. The predicted octanol–water partition coefficient (Wildman–Crippen LogP) is 3.95. The highest BCUT2D eigenvalue weighted by Crippen LogP contribution is 2.24. The Hall–Kier alpha value is -1.99. The molecule has 22 heavy (non-hydrogen) atoms. The standard InChI is InChI=1S/C17H20ClN3O/c1-12-5-3-6-13(2)21(12)11-14(10-19)17(22)20-16-8-4-7-15(18)9-16/h4,7-9,11-13H,3,5-6H2,1-2H3,(H,20,22)/b14-11-. The van der Waals surface area contributed by atoms with Gasteiger partial charge in [-0.15, -0.1) is 0 Å². The number of rotatable bonds is 3. The van der Waals surface area contributed by atoms with Gasteiger partial charge in [-0.05, 0) is 51.3 Å². The minimum Gasteiger partial charge on any atom is -0.371 e. The number of anilines is 1. The molecule has 2 unspecified atom stereocenters.